The van der Waals surface area contributed by atoms with Crippen molar-refractivity contribution >= 4 is 17.3 Å². The van der Waals surface area contributed by atoms with Crippen LogP contribution in [0.15, 0.2) is 6.33 Å². The summed E-state index contributed by atoms with van der Waals surface area (Å²) < 4.78 is 0. The number of nitrogens with one attached hydrogen (secondary N) is 3. The molecule has 90 valence electrons. The van der Waals surface area contributed by atoms with Gasteiger partial charge in [0.1, 0.15) is 12.2 Å². The lowest BCUT2D eigenvalue weighted by Gasteiger charge is -2.09. The van der Waals surface area contributed by atoms with Gasteiger partial charge in [-0.2, -0.15) is 5.10 Å². The Morgan fingerprint density at radius 3 is 2.75 bits per heavy atom. The minimum atomic E-state index is 0.742. The summed E-state index contributed by atoms with van der Waals surface area (Å²) in [6.45, 7) is 3.97. The van der Waals surface area contributed by atoms with Gasteiger partial charge < -0.3 is 10.6 Å². The first-order chi connectivity index (χ1) is 7.83. The van der Waals surface area contributed by atoms with Crippen LogP contribution in [0.2, 0.25) is 0 Å². The van der Waals surface area contributed by atoms with Crippen molar-refractivity contribution in [2.24, 2.45) is 0 Å². The summed E-state index contributed by atoms with van der Waals surface area (Å²) in [5.41, 5.74) is 0. The van der Waals surface area contributed by atoms with Crippen LogP contribution in [0.5, 0.6) is 0 Å². The highest BCUT2D eigenvalue weighted by Crippen LogP contribution is 1.91. The summed E-state index contributed by atoms with van der Waals surface area (Å²) in [5, 5.41) is 13.7. The molecule has 0 saturated heterocycles. The van der Waals surface area contributed by atoms with Crippen molar-refractivity contribution in [3.63, 3.8) is 0 Å². The predicted molar refractivity (Wildman–Crippen MR) is 68.2 cm³/mol. The monoisotopic (exact) mass is 241 g/mol. The fourth-order valence-electron chi connectivity index (χ4n) is 1.25. The van der Waals surface area contributed by atoms with Crippen LogP contribution in [0, 0.1) is 0 Å². The fraction of sp³-hybridized carbons (Fsp3) is 0.700. The minimum absolute atomic E-state index is 0.742. The molecule has 3 N–H and O–H groups in total. The van der Waals surface area contributed by atoms with E-state index in [9.17, 15) is 0 Å². The normalized spacial score (nSPS) is 10.1. The zero-order valence-corrected chi connectivity index (χ0v) is 10.4. The summed E-state index contributed by atoms with van der Waals surface area (Å²) in [7, 11) is 0. The van der Waals surface area contributed by atoms with E-state index in [0.717, 1.165) is 43.3 Å². The third-order valence-electron chi connectivity index (χ3n) is 2.16. The van der Waals surface area contributed by atoms with Gasteiger partial charge in [-0.1, -0.05) is 13.3 Å². The number of aromatic amines is 1. The number of aromatic nitrogens is 3. The Labute approximate surface area is 101 Å². The molecule has 6 heteroatoms. The summed E-state index contributed by atoms with van der Waals surface area (Å²) in [6, 6.07) is 0. The second kappa shape index (κ2) is 8.04. The highest BCUT2D eigenvalue weighted by atomic mass is 32.1. The van der Waals surface area contributed by atoms with Gasteiger partial charge in [0.15, 0.2) is 5.11 Å². The van der Waals surface area contributed by atoms with Crippen LogP contribution in [-0.4, -0.2) is 33.4 Å². The molecule has 1 aromatic rings. The lowest BCUT2D eigenvalue weighted by molar-refractivity contribution is 0.711. The maximum Gasteiger partial charge on any atom is 0.166 e. The summed E-state index contributed by atoms with van der Waals surface area (Å²) in [6.07, 6.45) is 5.75. The zero-order chi connectivity index (χ0) is 11.6. The van der Waals surface area contributed by atoms with E-state index in [2.05, 4.69) is 32.7 Å². The molecule has 16 heavy (non-hydrogen) atoms. The van der Waals surface area contributed by atoms with Crippen molar-refractivity contribution in [2.75, 3.05) is 13.1 Å². The molecule has 1 aromatic heterocycles. The highest BCUT2D eigenvalue weighted by molar-refractivity contribution is 7.80. The fourth-order valence-corrected chi connectivity index (χ4v) is 1.45. The molecule has 0 unspecified atom stereocenters. The van der Waals surface area contributed by atoms with Crippen LogP contribution in [-0.2, 0) is 6.42 Å². The van der Waals surface area contributed by atoms with Gasteiger partial charge in [-0.15, -0.1) is 0 Å². The largest absolute Gasteiger partial charge is 0.363 e. The van der Waals surface area contributed by atoms with Crippen molar-refractivity contribution in [1.82, 2.24) is 25.8 Å². The molecule has 5 nitrogen and oxygen atoms in total. The SMILES string of the molecule is CCCCNC(=S)NCCCc1ncn[nH]1. The van der Waals surface area contributed by atoms with E-state index < -0.39 is 0 Å². The van der Waals surface area contributed by atoms with E-state index in [1.54, 1.807) is 0 Å². The molecular formula is C10H19N5S. The van der Waals surface area contributed by atoms with Gasteiger partial charge in [0.25, 0.3) is 0 Å². The average molecular weight is 241 g/mol. The van der Waals surface area contributed by atoms with Gasteiger partial charge in [0.2, 0.25) is 0 Å². The van der Waals surface area contributed by atoms with E-state index >= 15 is 0 Å². The first-order valence-electron chi connectivity index (χ1n) is 5.69. The second-order valence-corrected chi connectivity index (χ2v) is 3.98. The maximum atomic E-state index is 5.12. The number of aryl methyl sites for hydroxylation is 1. The second-order valence-electron chi connectivity index (χ2n) is 3.57. The number of rotatable bonds is 7. The Morgan fingerprint density at radius 1 is 1.38 bits per heavy atom. The molecule has 0 fully saturated rings. The third-order valence-corrected chi connectivity index (χ3v) is 2.45. The number of H-pyrrole nitrogens is 1. The Kier molecular flexibility index (Phi) is 6.48. The first-order valence-corrected chi connectivity index (χ1v) is 6.09. The van der Waals surface area contributed by atoms with Gasteiger partial charge >= 0.3 is 0 Å². The summed E-state index contributed by atoms with van der Waals surface area (Å²) in [5.74, 6) is 0.923. The summed E-state index contributed by atoms with van der Waals surface area (Å²) in [4.78, 5) is 4.05. The Hall–Kier alpha value is -1.17. The van der Waals surface area contributed by atoms with Crippen LogP contribution in [0.4, 0.5) is 0 Å². The molecule has 0 bridgehead atoms. The standard InChI is InChI=1S/C10H19N5S/c1-2-3-6-11-10(16)12-7-4-5-9-13-8-14-15-9/h8H,2-7H2,1H3,(H2,11,12,16)(H,13,14,15). The van der Waals surface area contributed by atoms with Crippen LogP contribution in [0.1, 0.15) is 32.0 Å². The van der Waals surface area contributed by atoms with Crippen LogP contribution in [0.3, 0.4) is 0 Å². The van der Waals surface area contributed by atoms with E-state index in [4.69, 9.17) is 12.2 Å². The van der Waals surface area contributed by atoms with Crippen molar-refractivity contribution in [3.05, 3.63) is 12.2 Å². The molecule has 0 spiro atoms. The van der Waals surface area contributed by atoms with E-state index in [-0.39, 0.29) is 0 Å². The first kappa shape index (κ1) is 12.9. The lowest BCUT2D eigenvalue weighted by atomic mass is 10.3. The number of unbranched alkanes of at least 4 members (excludes halogenated alkanes) is 1. The van der Waals surface area contributed by atoms with Crippen LogP contribution < -0.4 is 10.6 Å². The predicted octanol–water partition coefficient (Wildman–Crippen LogP) is 1.00. The van der Waals surface area contributed by atoms with Gasteiger partial charge in [-0.25, -0.2) is 4.98 Å². The molecule has 1 heterocycles. The van der Waals surface area contributed by atoms with E-state index in [1.807, 2.05) is 0 Å². The molecule has 0 saturated carbocycles. The molecule has 1 rings (SSSR count). The van der Waals surface area contributed by atoms with Crippen LogP contribution in [0.25, 0.3) is 0 Å². The quantitative estimate of drug-likeness (QED) is 0.491. The van der Waals surface area contributed by atoms with Crippen LogP contribution >= 0.6 is 12.2 Å². The van der Waals surface area contributed by atoms with E-state index in [0.29, 0.717) is 0 Å². The molecule has 0 atom stereocenters. The molecule has 0 amide bonds. The number of nitrogens with zero attached hydrogens (tertiary/aromatic N) is 2. The number of hydrogen-bond donors (Lipinski definition) is 3. The average Bonchev–Trinajstić information content (AvgIpc) is 2.78. The third kappa shape index (κ3) is 5.65. The Bertz CT molecular complexity index is 285. The maximum absolute atomic E-state index is 5.12. The molecule has 0 aliphatic rings. The highest BCUT2D eigenvalue weighted by Gasteiger charge is 1.97. The van der Waals surface area contributed by atoms with E-state index in [1.165, 1.54) is 12.7 Å². The number of thiocarbonyl (C=S) groups is 1. The zero-order valence-electron chi connectivity index (χ0n) is 9.62. The topological polar surface area (TPSA) is 65.6 Å². The van der Waals surface area contributed by atoms with Crippen molar-refractivity contribution in [2.45, 2.75) is 32.6 Å². The van der Waals surface area contributed by atoms with Gasteiger partial charge in [0, 0.05) is 19.5 Å². The minimum Gasteiger partial charge on any atom is -0.363 e. The smallest absolute Gasteiger partial charge is 0.166 e. The van der Waals surface area contributed by atoms with Gasteiger partial charge in [-0.3, -0.25) is 5.10 Å². The molecule has 0 radical (unpaired) electrons. The lowest BCUT2D eigenvalue weighted by Crippen LogP contribution is -2.36. The van der Waals surface area contributed by atoms with Gasteiger partial charge in [-0.05, 0) is 25.1 Å². The van der Waals surface area contributed by atoms with Crippen molar-refractivity contribution in [1.29, 1.82) is 0 Å². The molecule has 0 aliphatic heterocycles. The molecular weight excluding hydrogens is 222 g/mol. The van der Waals surface area contributed by atoms with Crippen molar-refractivity contribution in [3.8, 4) is 0 Å². The van der Waals surface area contributed by atoms with Crippen molar-refractivity contribution < 1.29 is 0 Å². The summed E-state index contributed by atoms with van der Waals surface area (Å²) >= 11 is 5.12. The number of hydrogen-bond acceptors (Lipinski definition) is 3. The Balaban J connectivity index is 1.96. The van der Waals surface area contributed by atoms with Gasteiger partial charge in [0.05, 0.1) is 0 Å². The Morgan fingerprint density at radius 2 is 2.12 bits per heavy atom. The molecule has 0 aromatic carbocycles. The molecule has 0 aliphatic carbocycles.